The van der Waals surface area contributed by atoms with E-state index in [-0.39, 0.29) is 24.3 Å². The lowest BCUT2D eigenvalue weighted by molar-refractivity contribution is -0.126. The van der Waals surface area contributed by atoms with Crippen molar-refractivity contribution in [2.75, 3.05) is 37.0 Å². The summed E-state index contributed by atoms with van der Waals surface area (Å²) in [6, 6.07) is 19.7. The van der Waals surface area contributed by atoms with Gasteiger partial charge in [-0.15, -0.1) is 0 Å². The van der Waals surface area contributed by atoms with Gasteiger partial charge in [0.25, 0.3) is 5.91 Å². The second kappa shape index (κ2) is 12.3. The second-order valence-corrected chi connectivity index (χ2v) is 9.41. The molecule has 0 saturated heterocycles. The number of para-hydroxylation sites is 2. The van der Waals surface area contributed by atoms with Crippen molar-refractivity contribution in [2.24, 2.45) is 5.92 Å². The van der Waals surface area contributed by atoms with Gasteiger partial charge in [-0.1, -0.05) is 62.4 Å². The maximum Gasteiger partial charge on any atom is 0.251 e. The number of anilines is 2. The standard InChI is InChI=1S/C25H28N4O2.C4H8O/c1-17-12-13-18-8-4-5-9-19(18)20(17)15-29-23-11-7-6-10-22(23)28(3)16-21(25(29)31)27-24(30)14-26-2;1-4(2)3-5/h4-13,21,26H,14-16H2,1-3H3,(H,27,30);3-4H,1-2H3. The highest BCUT2D eigenvalue weighted by Gasteiger charge is 2.33. The Morgan fingerprint density at radius 1 is 1.06 bits per heavy atom. The summed E-state index contributed by atoms with van der Waals surface area (Å²) in [6.07, 6.45) is 0.917. The first-order valence-corrected chi connectivity index (χ1v) is 12.2. The Hall–Kier alpha value is -3.71. The van der Waals surface area contributed by atoms with E-state index in [1.807, 2.05) is 67.1 Å². The fourth-order valence-corrected chi connectivity index (χ4v) is 4.26. The van der Waals surface area contributed by atoms with E-state index in [9.17, 15) is 14.4 Å². The number of fused-ring (bicyclic) bond motifs is 2. The first-order chi connectivity index (χ1) is 17.3. The minimum atomic E-state index is -0.631. The smallest absolute Gasteiger partial charge is 0.251 e. The van der Waals surface area contributed by atoms with Crippen LogP contribution in [0, 0.1) is 12.8 Å². The zero-order valence-corrected chi connectivity index (χ0v) is 21.7. The number of carbonyl (C=O) groups excluding carboxylic acids is 3. The molecule has 0 aromatic heterocycles. The molecule has 190 valence electrons. The highest BCUT2D eigenvalue weighted by atomic mass is 16.2. The van der Waals surface area contributed by atoms with E-state index in [1.165, 1.54) is 0 Å². The van der Waals surface area contributed by atoms with Crippen molar-refractivity contribution in [1.29, 1.82) is 0 Å². The van der Waals surface area contributed by atoms with Gasteiger partial charge in [-0.25, -0.2) is 0 Å². The van der Waals surface area contributed by atoms with Crippen molar-refractivity contribution in [3.8, 4) is 0 Å². The number of rotatable bonds is 6. The average Bonchev–Trinajstić information content (AvgIpc) is 2.96. The van der Waals surface area contributed by atoms with Crippen molar-refractivity contribution < 1.29 is 14.4 Å². The van der Waals surface area contributed by atoms with Crippen molar-refractivity contribution in [3.05, 3.63) is 71.8 Å². The van der Waals surface area contributed by atoms with E-state index in [1.54, 1.807) is 7.05 Å². The van der Waals surface area contributed by atoms with E-state index >= 15 is 0 Å². The number of hydrogen-bond acceptors (Lipinski definition) is 5. The lowest BCUT2D eigenvalue weighted by atomic mass is 9.99. The average molecular weight is 489 g/mol. The van der Waals surface area contributed by atoms with Crippen molar-refractivity contribution in [1.82, 2.24) is 10.6 Å². The van der Waals surface area contributed by atoms with Gasteiger partial charge in [0.15, 0.2) is 0 Å². The fraction of sp³-hybridized carbons (Fsp3) is 0.345. The molecule has 1 heterocycles. The molecule has 0 aliphatic carbocycles. The van der Waals surface area contributed by atoms with Crippen molar-refractivity contribution in [3.63, 3.8) is 0 Å². The van der Waals surface area contributed by atoms with Crippen molar-refractivity contribution >= 4 is 40.2 Å². The molecule has 2 amide bonds. The number of nitrogens with zero attached hydrogens (tertiary/aromatic N) is 2. The van der Waals surface area contributed by atoms with Crippen LogP contribution in [-0.4, -0.2) is 51.3 Å². The maximum atomic E-state index is 13.7. The Morgan fingerprint density at radius 2 is 1.69 bits per heavy atom. The number of aryl methyl sites for hydroxylation is 1. The molecule has 1 unspecified atom stereocenters. The molecule has 36 heavy (non-hydrogen) atoms. The summed E-state index contributed by atoms with van der Waals surface area (Å²) < 4.78 is 0. The molecular formula is C29H36N4O3. The molecule has 1 aliphatic heterocycles. The monoisotopic (exact) mass is 488 g/mol. The molecule has 0 radical (unpaired) electrons. The highest BCUT2D eigenvalue weighted by Crippen LogP contribution is 2.34. The van der Waals surface area contributed by atoms with Crippen LogP contribution in [0.3, 0.4) is 0 Å². The third kappa shape index (κ3) is 6.29. The Balaban J connectivity index is 0.000000658. The molecule has 0 saturated carbocycles. The van der Waals surface area contributed by atoms with E-state index in [0.717, 1.165) is 39.6 Å². The van der Waals surface area contributed by atoms with Gasteiger partial charge >= 0.3 is 0 Å². The predicted octanol–water partition coefficient (Wildman–Crippen LogP) is 3.68. The molecule has 3 aromatic carbocycles. The Labute approximate surface area is 213 Å². The first-order valence-electron chi connectivity index (χ1n) is 12.2. The SMILES string of the molecule is CC(C)C=O.CNCC(=O)NC1CN(C)c2ccccc2N(Cc2c(C)ccc3ccccc23)C1=O. The van der Waals surface area contributed by atoms with E-state index in [4.69, 9.17) is 0 Å². The summed E-state index contributed by atoms with van der Waals surface area (Å²) in [5, 5.41) is 8.04. The van der Waals surface area contributed by atoms with Crippen LogP contribution in [-0.2, 0) is 20.9 Å². The van der Waals surface area contributed by atoms with Crippen LogP contribution in [0.1, 0.15) is 25.0 Å². The van der Waals surface area contributed by atoms with Crippen LogP contribution in [0.15, 0.2) is 60.7 Å². The number of likely N-dealkylation sites (N-methyl/N-ethyl adjacent to an activating group) is 2. The third-order valence-corrected chi connectivity index (χ3v) is 6.14. The number of hydrogen-bond donors (Lipinski definition) is 2. The van der Waals surface area contributed by atoms with Crippen LogP contribution < -0.4 is 20.4 Å². The molecular weight excluding hydrogens is 452 g/mol. The molecule has 7 nitrogen and oxygen atoms in total. The molecule has 7 heteroatoms. The van der Waals surface area contributed by atoms with Gasteiger partial charge in [0.2, 0.25) is 5.91 Å². The Morgan fingerprint density at radius 3 is 2.36 bits per heavy atom. The van der Waals surface area contributed by atoms with E-state index < -0.39 is 6.04 Å². The summed E-state index contributed by atoms with van der Waals surface area (Å²) in [5.41, 5.74) is 4.08. The van der Waals surface area contributed by atoms with Gasteiger partial charge in [0.1, 0.15) is 12.3 Å². The largest absolute Gasteiger partial charge is 0.370 e. The molecule has 4 rings (SSSR count). The quantitative estimate of drug-likeness (QED) is 0.518. The molecule has 0 bridgehead atoms. The Kier molecular flexibility index (Phi) is 9.19. The topological polar surface area (TPSA) is 81.8 Å². The molecule has 1 atom stereocenters. The fourth-order valence-electron chi connectivity index (χ4n) is 4.26. The van der Waals surface area contributed by atoms with Crippen LogP contribution in [0.5, 0.6) is 0 Å². The summed E-state index contributed by atoms with van der Waals surface area (Å²) in [4.78, 5) is 39.3. The van der Waals surface area contributed by atoms with Crippen LogP contribution >= 0.6 is 0 Å². The number of benzene rings is 3. The van der Waals surface area contributed by atoms with Gasteiger partial charge < -0.3 is 25.2 Å². The summed E-state index contributed by atoms with van der Waals surface area (Å²) in [7, 11) is 3.67. The summed E-state index contributed by atoms with van der Waals surface area (Å²) >= 11 is 0. The number of carbonyl (C=O) groups is 3. The lowest BCUT2D eigenvalue weighted by Crippen LogP contribution is -2.53. The van der Waals surface area contributed by atoms with E-state index in [0.29, 0.717) is 13.1 Å². The summed E-state index contributed by atoms with van der Waals surface area (Å²) in [6.45, 7) is 6.81. The van der Waals surface area contributed by atoms with Crippen LogP contribution in [0.4, 0.5) is 11.4 Å². The van der Waals surface area contributed by atoms with Gasteiger partial charge in [-0.2, -0.15) is 0 Å². The molecule has 0 fully saturated rings. The molecule has 1 aliphatic rings. The summed E-state index contributed by atoms with van der Waals surface area (Å²) in [5.74, 6) is -0.0925. The van der Waals surface area contributed by atoms with E-state index in [2.05, 4.69) is 41.8 Å². The minimum absolute atomic E-state index is 0.103. The first kappa shape index (κ1) is 26.9. The minimum Gasteiger partial charge on any atom is -0.370 e. The lowest BCUT2D eigenvalue weighted by Gasteiger charge is -2.27. The number of aldehydes is 1. The maximum absolute atomic E-state index is 13.7. The van der Waals surface area contributed by atoms with Gasteiger partial charge in [0.05, 0.1) is 24.5 Å². The van der Waals surface area contributed by atoms with Crippen LogP contribution in [0.25, 0.3) is 10.8 Å². The van der Waals surface area contributed by atoms with Gasteiger partial charge in [-0.05, 0) is 48.0 Å². The molecule has 3 aromatic rings. The van der Waals surface area contributed by atoms with Crippen molar-refractivity contribution in [2.45, 2.75) is 33.4 Å². The second-order valence-electron chi connectivity index (χ2n) is 9.41. The third-order valence-electron chi connectivity index (χ3n) is 6.14. The molecule has 2 N–H and O–H groups in total. The zero-order valence-electron chi connectivity index (χ0n) is 21.7. The number of amides is 2. The Bertz CT molecular complexity index is 1220. The molecule has 0 spiro atoms. The zero-order chi connectivity index (χ0) is 26.2. The highest BCUT2D eigenvalue weighted by molar-refractivity contribution is 6.04. The number of nitrogens with one attached hydrogen (secondary N) is 2. The van der Waals surface area contributed by atoms with Gasteiger partial charge in [-0.3, -0.25) is 9.59 Å². The van der Waals surface area contributed by atoms with Crippen LogP contribution in [0.2, 0.25) is 0 Å². The predicted molar refractivity (Wildman–Crippen MR) is 146 cm³/mol. The van der Waals surface area contributed by atoms with Gasteiger partial charge in [0, 0.05) is 19.5 Å². The normalized spacial score (nSPS) is 15.2.